The number of allylic oxidation sites excluding steroid dienone is 2. The van der Waals surface area contributed by atoms with Gasteiger partial charge in [0.15, 0.2) is 17.3 Å². The molecule has 0 aliphatic carbocycles. The zero-order valence-electron chi connectivity index (χ0n) is 12.4. The number of ether oxygens (including phenoxy) is 2. The summed E-state index contributed by atoms with van der Waals surface area (Å²) in [6.45, 7) is 0.415. The minimum absolute atomic E-state index is 0.0715. The highest BCUT2D eigenvalue weighted by molar-refractivity contribution is 7.90. The van der Waals surface area contributed by atoms with Crippen LogP contribution >= 0.6 is 0 Å². The fourth-order valence-electron chi connectivity index (χ4n) is 2.57. The van der Waals surface area contributed by atoms with Crippen molar-refractivity contribution >= 4 is 27.5 Å². The molecule has 0 saturated heterocycles. The molecule has 3 aliphatic heterocycles. The van der Waals surface area contributed by atoms with Crippen molar-refractivity contribution in [2.45, 2.75) is 0 Å². The Morgan fingerprint density at radius 3 is 2.96 bits per heavy atom. The Hall–Kier alpha value is -2.81. The Bertz CT molecular complexity index is 917. The molecule has 1 aromatic carbocycles. The number of carbonyl (C=O) groups is 1. The number of nitrogens with one attached hydrogen (secondary N) is 1. The van der Waals surface area contributed by atoms with Crippen molar-refractivity contribution in [3.8, 4) is 11.5 Å². The number of fused-ring (bicyclic) bond motifs is 2. The molecule has 1 N–H and O–H groups in total. The highest BCUT2D eigenvalue weighted by Gasteiger charge is 2.30. The monoisotopic (exact) mass is 347 g/mol. The SMILES string of the molecule is O=C(Nc1ccc2c(c1)OCO2)C1=CC=CN2CCS(=O)(=O)N=C12. The second-order valence-corrected chi connectivity index (χ2v) is 7.09. The number of hydrogen-bond donors (Lipinski definition) is 1. The van der Waals surface area contributed by atoms with Gasteiger partial charge < -0.3 is 19.7 Å². The van der Waals surface area contributed by atoms with Crippen molar-refractivity contribution in [3.63, 3.8) is 0 Å². The standard InChI is InChI=1S/C15H13N3O5S/c19-15(16-10-3-4-12-13(8-10)23-9-22-12)11-2-1-5-18-6-7-24(20,21)17-14(11)18/h1-5,8H,6-7,9H2,(H,16,19). The van der Waals surface area contributed by atoms with Gasteiger partial charge in [0.1, 0.15) is 0 Å². The number of hydrogen-bond acceptors (Lipinski definition) is 6. The Labute approximate surface area is 138 Å². The quantitative estimate of drug-likeness (QED) is 0.852. The van der Waals surface area contributed by atoms with Gasteiger partial charge in [0.2, 0.25) is 6.79 Å². The summed E-state index contributed by atoms with van der Waals surface area (Å²) in [5.41, 5.74) is 0.712. The number of carbonyl (C=O) groups excluding carboxylic acids is 1. The lowest BCUT2D eigenvalue weighted by atomic mass is 10.1. The van der Waals surface area contributed by atoms with Gasteiger partial charge in [-0.3, -0.25) is 4.79 Å². The molecule has 0 spiro atoms. The van der Waals surface area contributed by atoms with Crippen LogP contribution in [-0.4, -0.2) is 44.2 Å². The smallest absolute Gasteiger partial charge is 0.259 e. The van der Waals surface area contributed by atoms with Gasteiger partial charge >= 0.3 is 0 Å². The van der Waals surface area contributed by atoms with Crippen LogP contribution in [-0.2, 0) is 14.8 Å². The lowest BCUT2D eigenvalue weighted by Gasteiger charge is -2.28. The summed E-state index contributed by atoms with van der Waals surface area (Å²) in [7, 11) is -3.55. The Balaban J connectivity index is 1.61. The minimum Gasteiger partial charge on any atom is -0.454 e. The Morgan fingerprint density at radius 2 is 2.08 bits per heavy atom. The van der Waals surface area contributed by atoms with E-state index in [1.54, 1.807) is 41.5 Å². The van der Waals surface area contributed by atoms with Crippen LogP contribution < -0.4 is 14.8 Å². The topological polar surface area (TPSA) is 97.3 Å². The summed E-state index contributed by atoms with van der Waals surface area (Å²) in [4.78, 5) is 14.2. The summed E-state index contributed by atoms with van der Waals surface area (Å²) in [5.74, 6) is 0.782. The predicted molar refractivity (Wildman–Crippen MR) is 86.3 cm³/mol. The first-order valence-electron chi connectivity index (χ1n) is 7.21. The molecule has 24 heavy (non-hydrogen) atoms. The number of amides is 1. The van der Waals surface area contributed by atoms with Crippen molar-refractivity contribution < 1.29 is 22.7 Å². The molecule has 0 radical (unpaired) electrons. The van der Waals surface area contributed by atoms with Gasteiger partial charge in [-0.15, -0.1) is 4.40 Å². The first-order valence-corrected chi connectivity index (χ1v) is 8.82. The number of nitrogens with zero attached hydrogens (tertiary/aromatic N) is 2. The fraction of sp³-hybridized carbons (Fsp3) is 0.200. The van der Waals surface area contributed by atoms with Crippen LogP contribution in [0, 0.1) is 0 Å². The number of benzene rings is 1. The van der Waals surface area contributed by atoms with E-state index in [0.29, 0.717) is 17.2 Å². The van der Waals surface area contributed by atoms with Crippen LogP contribution in [0.2, 0.25) is 0 Å². The first kappa shape index (κ1) is 14.8. The van der Waals surface area contributed by atoms with E-state index in [4.69, 9.17) is 9.47 Å². The van der Waals surface area contributed by atoms with Crippen molar-refractivity contribution in [2.24, 2.45) is 4.40 Å². The summed E-state index contributed by atoms with van der Waals surface area (Å²) in [5, 5.41) is 2.72. The number of sulfonamides is 1. The normalized spacial score (nSPS) is 20.1. The largest absolute Gasteiger partial charge is 0.454 e. The minimum atomic E-state index is -3.55. The van der Waals surface area contributed by atoms with Crippen LogP contribution in [0.1, 0.15) is 0 Å². The van der Waals surface area contributed by atoms with E-state index in [1.807, 2.05) is 0 Å². The molecular formula is C15H13N3O5S. The van der Waals surface area contributed by atoms with E-state index in [9.17, 15) is 13.2 Å². The molecule has 3 aliphatic rings. The lowest BCUT2D eigenvalue weighted by Crippen LogP contribution is -2.40. The number of amidine groups is 1. The lowest BCUT2D eigenvalue weighted by molar-refractivity contribution is -0.112. The third-order valence-corrected chi connectivity index (χ3v) is 4.88. The van der Waals surface area contributed by atoms with Crippen LogP contribution in [0.3, 0.4) is 0 Å². The van der Waals surface area contributed by atoms with E-state index >= 15 is 0 Å². The van der Waals surface area contributed by atoms with Crippen molar-refractivity contribution in [1.82, 2.24) is 4.90 Å². The van der Waals surface area contributed by atoms with Gasteiger partial charge in [0.05, 0.1) is 11.3 Å². The molecule has 0 atom stereocenters. The maximum atomic E-state index is 12.5. The van der Waals surface area contributed by atoms with Crippen molar-refractivity contribution in [2.75, 3.05) is 24.4 Å². The molecule has 8 nitrogen and oxygen atoms in total. The maximum absolute atomic E-state index is 12.5. The number of rotatable bonds is 2. The van der Waals surface area contributed by atoms with Gasteiger partial charge in [-0.2, -0.15) is 0 Å². The van der Waals surface area contributed by atoms with E-state index in [1.165, 1.54) is 0 Å². The zero-order chi connectivity index (χ0) is 16.7. The fourth-order valence-corrected chi connectivity index (χ4v) is 3.55. The molecule has 3 heterocycles. The Kier molecular flexibility index (Phi) is 3.31. The average Bonchev–Trinajstić information content (AvgIpc) is 3.01. The van der Waals surface area contributed by atoms with Gasteiger partial charge in [-0.05, 0) is 24.3 Å². The zero-order valence-corrected chi connectivity index (χ0v) is 13.2. The first-order chi connectivity index (χ1) is 11.5. The third-order valence-electron chi connectivity index (χ3n) is 3.73. The molecule has 0 aromatic heterocycles. The molecule has 0 saturated carbocycles. The maximum Gasteiger partial charge on any atom is 0.259 e. The van der Waals surface area contributed by atoms with Crippen LogP contribution in [0.25, 0.3) is 0 Å². The third kappa shape index (κ3) is 2.62. The van der Waals surface area contributed by atoms with Gasteiger partial charge in [0.25, 0.3) is 15.9 Å². The molecule has 1 amide bonds. The molecule has 4 rings (SSSR count). The summed E-state index contributed by atoms with van der Waals surface area (Å²) in [6, 6.07) is 5.03. The van der Waals surface area contributed by atoms with Gasteiger partial charge in [0, 0.05) is 24.5 Å². The Morgan fingerprint density at radius 1 is 1.25 bits per heavy atom. The summed E-state index contributed by atoms with van der Waals surface area (Å²) >= 11 is 0. The van der Waals surface area contributed by atoms with E-state index in [2.05, 4.69) is 9.71 Å². The van der Waals surface area contributed by atoms with E-state index < -0.39 is 15.9 Å². The highest BCUT2D eigenvalue weighted by atomic mass is 32.2. The van der Waals surface area contributed by atoms with Gasteiger partial charge in [-0.25, -0.2) is 8.42 Å². The second kappa shape index (κ2) is 5.38. The molecule has 1 aromatic rings. The summed E-state index contributed by atoms with van der Waals surface area (Å²) in [6.07, 6.45) is 4.93. The molecule has 0 unspecified atom stereocenters. The molecular weight excluding hydrogens is 334 g/mol. The van der Waals surface area contributed by atoms with E-state index in [-0.39, 0.29) is 30.5 Å². The second-order valence-electron chi connectivity index (χ2n) is 5.34. The predicted octanol–water partition coefficient (Wildman–Crippen LogP) is 0.851. The van der Waals surface area contributed by atoms with Gasteiger partial charge in [-0.1, -0.05) is 0 Å². The molecule has 124 valence electrons. The number of anilines is 1. The van der Waals surface area contributed by atoms with Crippen molar-refractivity contribution in [3.05, 3.63) is 42.1 Å². The van der Waals surface area contributed by atoms with Crippen LogP contribution in [0.15, 0.2) is 46.5 Å². The van der Waals surface area contributed by atoms with E-state index in [0.717, 1.165) is 0 Å². The molecule has 0 bridgehead atoms. The molecule has 9 heteroatoms. The van der Waals surface area contributed by atoms with Crippen LogP contribution in [0.5, 0.6) is 11.5 Å². The average molecular weight is 347 g/mol. The molecule has 0 fully saturated rings. The summed E-state index contributed by atoms with van der Waals surface area (Å²) < 4.78 is 37.7. The van der Waals surface area contributed by atoms with Crippen LogP contribution in [0.4, 0.5) is 5.69 Å². The van der Waals surface area contributed by atoms with Crippen molar-refractivity contribution in [1.29, 1.82) is 0 Å². The highest BCUT2D eigenvalue weighted by Crippen LogP contribution is 2.34.